The summed E-state index contributed by atoms with van der Waals surface area (Å²) in [6.07, 6.45) is 10.5. The average molecular weight is 300 g/mol. The first-order valence-electron chi connectivity index (χ1n) is 9.04. The molecule has 3 fully saturated rings. The van der Waals surface area contributed by atoms with E-state index in [2.05, 4.69) is 13.5 Å². The van der Waals surface area contributed by atoms with Crippen molar-refractivity contribution in [3.8, 4) is 0 Å². The second-order valence-corrected chi connectivity index (χ2v) is 8.46. The number of aliphatic hydroxyl groups is 1. The first-order valence-corrected chi connectivity index (χ1v) is 9.04. The molecule has 22 heavy (non-hydrogen) atoms. The monoisotopic (exact) mass is 300 g/mol. The second-order valence-electron chi connectivity index (χ2n) is 8.46. The van der Waals surface area contributed by atoms with Gasteiger partial charge in [0, 0.05) is 11.8 Å². The molecule has 0 radical (unpaired) electrons. The fourth-order valence-corrected chi connectivity index (χ4v) is 6.56. The quantitative estimate of drug-likeness (QED) is 0.742. The maximum absolute atomic E-state index is 11.8. The zero-order chi connectivity index (χ0) is 15.5. The van der Waals surface area contributed by atoms with Gasteiger partial charge in [0.2, 0.25) is 0 Å². The molecule has 4 aliphatic carbocycles. The van der Waals surface area contributed by atoms with E-state index in [4.69, 9.17) is 0 Å². The van der Waals surface area contributed by atoms with Gasteiger partial charge in [-0.25, -0.2) is 0 Å². The van der Waals surface area contributed by atoms with E-state index in [1.807, 2.05) is 6.08 Å². The topological polar surface area (TPSA) is 37.3 Å². The van der Waals surface area contributed by atoms with Crippen LogP contribution < -0.4 is 0 Å². The molecule has 4 aliphatic rings. The van der Waals surface area contributed by atoms with Crippen molar-refractivity contribution in [1.82, 2.24) is 0 Å². The zero-order valence-corrected chi connectivity index (χ0v) is 13.7. The third-order valence-corrected chi connectivity index (χ3v) is 7.92. The fourth-order valence-electron chi connectivity index (χ4n) is 6.56. The molecule has 0 aromatic rings. The molecule has 0 heterocycles. The van der Waals surface area contributed by atoms with Crippen LogP contribution in [0.1, 0.15) is 58.3 Å². The Kier molecular flexibility index (Phi) is 3.21. The number of fused-ring (bicyclic) bond motifs is 5. The Balaban J connectivity index is 1.73. The van der Waals surface area contributed by atoms with Crippen LogP contribution in [0.4, 0.5) is 0 Å². The molecule has 0 aliphatic heterocycles. The zero-order valence-electron chi connectivity index (χ0n) is 13.7. The van der Waals surface area contributed by atoms with Crippen LogP contribution >= 0.6 is 0 Å². The lowest BCUT2D eigenvalue weighted by Crippen LogP contribution is -2.52. The molecule has 0 saturated heterocycles. The van der Waals surface area contributed by atoms with Crippen LogP contribution in [0.5, 0.6) is 0 Å². The number of hydrogen-bond donors (Lipinski definition) is 1. The predicted octanol–water partition coefficient (Wildman–Crippen LogP) is 4.05. The van der Waals surface area contributed by atoms with Crippen LogP contribution in [-0.4, -0.2) is 17.5 Å². The summed E-state index contributed by atoms with van der Waals surface area (Å²) in [6.45, 7) is 7.04. The highest BCUT2D eigenvalue weighted by Gasteiger charge is 2.58. The Morgan fingerprint density at radius 3 is 2.77 bits per heavy atom. The number of ketones is 1. The number of hydrogen-bond acceptors (Lipinski definition) is 2. The van der Waals surface area contributed by atoms with Crippen molar-refractivity contribution in [2.45, 2.75) is 58.3 Å². The van der Waals surface area contributed by atoms with Gasteiger partial charge in [-0.15, -0.1) is 0 Å². The summed E-state index contributed by atoms with van der Waals surface area (Å²) >= 11 is 0. The van der Waals surface area contributed by atoms with E-state index in [-0.39, 0.29) is 17.8 Å². The third-order valence-electron chi connectivity index (χ3n) is 7.92. The molecule has 5 atom stereocenters. The maximum atomic E-state index is 11.8. The molecule has 0 aromatic carbocycles. The van der Waals surface area contributed by atoms with Crippen molar-refractivity contribution in [2.24, 2.45) is 28.6 Å². The molecule has 4 rings (SSSR count). The van der Waals surface area contributed by atoms with Crippen LogP contribution in [0.3, 0.4) is 0 Å². The maximum Gasteiger partial charge on any atom is 0.155 e. The minimum atomic E-state index is -0.0813. The summed E-state index contributed by atoms with van der Waals surface area (Å²) in [4.78, 5) is 11.8. The SMILES string of the molecule is C=C1CC[C@H]2[C@@H]3CCC4=CC(=O)CC[C@]4(CO)[C@@H]3CC[C@]12C. The number of rotatable bonds is 1. The van der Waals surface area contributed by atoms with Gasteiger partial charge in [0.25, 0.3) is 0 Å². The highest BCUT2D eigenvalue weighted by Crippen LogP contribution is 2.66. The van der Waals surface area contributed by atoms with Gasteiger partial charge >= 0.3 is 0 Å². The van der Waals surface area contributed by atoms with E-state index < -0.39 is 0 Å². The molecular weight excluding hydrogens is 272 g/mol. The smallest absolute Gasteiger partial charge is 0.155 e. The highest BCUT2D eigenvalue weighted by atomic mass is 16.3. The van der Waals surface area contributed by atoms with Gasteiger partial charge in [0.05, 0.1) is 6.61 Å². The number of aliphatic hydroxyl groups excluding tert-OH is 1. The number of allylic oxidation sites excluding steroid dienone is 1. The fraction of sp³-hybridized carbons (Fsp3) is 0.750. The third kappa shape index (κ3) is 1.73. The van der Waals surface area contributed by atoms with E-state index >= 15 is 0 Å². The van der Waals surface area contributed by atoms with Crippen LogP contribution in [0.15, 0.2) is 23.8 Å². The first-order chi connectivity index (χ1) is 10.5. The Bertz CT molecular complexity index is 560. The summed E-state index contributed by atoms with van der Waals surface area (Å²) in [6, 6.07) is 0. The van der Waals surface area contributed by atoms with Crippen LogP contribution in [-0.2, 0) is 4.79 Å². The Hall–Kier alpha value is -0.890. The van der Waals surface area contributed by atoms with Gasteiger partial charge in [0.15, 0.2) is 5.78 Å². The molecule has 0 unspecified atom stereocenters. The Morgan fingerprint density at radius 1 is 1.18 bits per heavy atom. The van der Waals surface area contributed by atoms with Crippen molar-refractivity contribution < 1.29 is 9.90 Å². The first kappa shape index (κ1) is 14.7. The molecule has 3 saturated carbocycles. The van der Waals surface area contributed by atoms with Gasteiger partial charge < -0.3 is 5.11 Å². The Morgan fingerprint density at radius 2 is 2.00 bits per heavy atom. The molecule has 1 N–H and O–H groups in total. The van der Waals surface area contributed by atoms with Gasteiger partial charge in [-0.1, -0.05) is 24.6 Å². The van der Waals surface area contributed by atoms with E-state index in [1.54, 1.807) is 0 Å². The molecule has 0 bridgehead atoms. The molecule has 0 amide bonds. The average Bonchev–Trinajstić information content (AvgIpc) is 2.82. The van der Waals surface area contributed by atoms with Crippen LogP contribution in [0.2, 0.25) is 0 Å². The van der Waals surface area contributed by atoms with E-state index in [1.165, 1.54) is 43.3 Å². The van der Waals surface area contributed by atoms with Gasteiger partial charge in [0.1, 0.15) is 0 Å². The molecule has 120 valence electrons. The second kappa shape index (κ2) is 4.80. The highest BCUT2D eigenvalue weighted by molar-refractivity contribution is 5.91. The van der Waals surface area contributed by atoms with Crippen molar-refractivity contribution in [2.75, 3.05) is 6.61 Å². The molecule has 2 heteroatoms. The molecule has 0 aromatic heterocycles. The van der Waals surface area contributed by atoms with E-state index in [0.717, 1.165) is 24.7 Å². The lowest BCUT2D eigenvalue weighted by Gasteiger charge is -2.58. The van der Waals surface area contributed by atoms with Crippen molar-refractivity contribution in [1.29, 1.82) is 0 Å². The van der Waals surface area contributed by atoms with Crippen LogP contribution in [0, 0.1) is 28.6 Å². The van der Waals surface area contributed by atoms with Crippen LogP contribution in [0.25, 0.3) is 0 Å². The van der Waals surface area contributed by atoms with E-state index in [9.17, 15) is 9.90 Å². The standard InChI is InChI=1S/C20H28O2/c1-13-3-6-17-16-5-4-14-11-15(22)7-10-20(14,12-21)18(16)8-9-19(13,17)2/h11,16-18,21H,1,3-10,12H2,2H3/t16-,17-,18+,19+,20+/m0/s1. The molecule has 0 spiro atoms. The van der Waals surface area contributed by atoms with Crippen molar-refractivity contribution in [3.63, 3.8) is 0 Å². The molecular formula is C20H28O2. The predicted molar refractivity (Wildman–Crippen MR) is 87.3 cm³/mol. The Labute approximate surface area is 133 Å². The number of carbonyl (C=O) groups is 1. The number of carbonyl (C=O) groups excluding carboxylic acids is 1. The summed E-state index contributed by atoms with van der Waals surface area (Å²) in [5.74, 6) is 2.32. The summed E-state index contributed by atoms with van der Waals surface area (Å²) < 4.78 is 0. The molecule has 2 nitrogen and oxygen atoms in total. The minimum absolute atomic E-state index is 0.0813. The van der Waals surface area contributed by atoms with Gasteiger partial charge in [-0.2, -0.15) is 0 Å². The minimum Gasteiger partial charge on any atom is -0.395 e. The summed E-state index contributed by atoms with van der Waals surface area (Å²) in [5.41, 5.74) is 2.99. The summed E-state index contributed by atoms with van der Waals surface area (Å²) in [7, 11) is 0. The lowest BCUT2D eigenvalue weighted by atomic mass is 9.47. The lowest BCUT2D eigenvalue weighted by molar-refractivity contribution is -0.118. The van der Waals surface area contributed by atoms with Crippen molar-refractivity contribution in [3.05, 3.63) is 23.8 Å². The van der Waals surface area contributed by atoms with Gasteiger partial charge in [-0.3, -0.25) is 4.79 Å². The van der Waals surface area contributed by atoms with E-state index in [0.29, 0.717) is 17.8 Å². The largest absolute Gasteiger partial charge is 0.395 e. The normalized spacial score (nSPS) is 47.5. The van der Waals surface area contributed by atoms with Gasteiger partial charge in [-0.05, 0) is 74.2 Å². The van der Waals surface area contributed by atoms with Crippen molar-refractivity contribution >= 4 is 5.78 Å². The summed E-state index contributed by atoms with van der Waals surface area (Å²) in [5, 5.41) is 10.3.